The largest absolute Gasteiger partial charge is 0.310 e. The average Bonchev–Trinajstić information content (AvgIpc) is 2.93. The molecule has 0 saturated carbocycles. The van der Waals surface area contributed by atoms with Gasteiger partial charge in [0.05, 0.1) is 17.7 Å². The van der Waals surface area contributed by atoms with Crippen LogP contribution in [0.2, 0.25) is 0 Å². The maximum atomic E-state index is 12.7. The van der Waals surface area contributed by atoms with Crippen molar-refractivity contribution in [1.29, 1.82) is 5.26 Å². The van der Waals surface area contributed by atoms with Crippen LogP contribution in [0.25, 0.3) is 0 Å². The van der Waals surface area contributed by atoms with E-state index in [9.17, 15) is 4.79 Å². The topological polar surface area (TPSA) is 69.9 Å². The first-order valence-corrected chi connectivity index (χ1v) is 8.51. The normalized spacial score (nSPS) is 11.7. The summed E-state index contributed by atoms with van der Waals surface area (Å²) in [4.78, 5) is 14.4. The number of aryl methyl sites for hydroxylation is 1. The molecule has 0 N–H and O–H groups in total. The van der Waals surface area contributed by atoms with E-state index in [1.165, 1.54) is 23.1 Å². The Kier molecular flexibility index (Phi) is 5.92. The second kappa shape index (κ2) is 7.92. The van der Waals surface area contributed by atoms with Crippen molar-refractivity contribution >= 4 is 34.7 Å². The van der Waals surface area contributed by atoms with Crippen LogP contribution in [0.3, 0.4) is 0 Å². The van der Waals surface area contributed by atoms with Crippen molar-refractivity contribution in [3.63, 3.8) is 0 Å². The van der Waals surface area contributed by atoms with E-state index in [1.54, 1.807) is 4.90 Å². The molecular weight excluding hydrogens is 316 g/mol. The number of nitrogens with zero attached hydrogens (tertiary/aromatic N) is 4. The van der Waals surface area contributed by atoms with Crippen molar-refractivity contribution in [3.8, 4) is 6.07 Å². The molecule has 1 amide bonds. The molecule has 0 aliphatic heterocycles. The highest BCUT2D eigenvalue weighted by atomic mass is 32.2. The highest BCUT2D eigenvalue weighted by molar-refractivity contribution is 8.02. The van der Waals surface area contributed by atoms with Gasteiger partial charge in [-0.15, -0.1) is 10.2 Å². The molecular formula is C15H16N4OS2. The minimum atomic E-state index is -0.286. The van der Waals surface area contributed by atoms with E-state index in [-0.39, 0.29) is 11.2 Å². The predicted molar refractivity (Wildman–Crippen MR) is 89.0 cm³/mol. The van der Waals surface area contributed by atoms with Gasteiger partial charge in [-0.2, -0.15) is 5.26 Å². The first-order valence-electron chi connectivity index (χ1n) is 6.82. The molecule has 2 rings (SSSR count). The van der Waals surface area contributed by atoms with Crippen molar-refractivity contribution in [2.75, 3.05) is 11.4 Å². The molecule has 1 aromatic carbocycles. The smallest absolute Gasteiger partial charge is 0.240 e. The van der Waals surface area contributed by atoms with Crippen LogP contribution < -0.4 is 4.90 Å². The summed E-state index contributed by atoms with van der Waals surface area (Å²) < 4.78 is 0.784. The van der Waals surface area contributed by atoms with Crippen molar-refractivity contribution in [2.45, 2.75) is 29.9 Å². The summed E-state index contributed by atoms with van der Waals surface area (Å²) in [6.07, 6.45) is 0.302. The summed E-state index contributed by atoms with van der Waals surface area (Å²) >= 11 is 2.88. The van der Waals surface area contributed by atoms with Crippen molar-refractivity contribution in [2.24, 2.45) is 0 Å². The second-order valence-corrected chi connectivity index (χ2v) is 7.35. The molecule has 1 atom stereocenters. The Morgan fingerprint density at radius 1 is 1.41 bits per heavy atom. The molecule has 5 nitrogen and oxygen atoms in total. The summed E-state index contributed by atoms with van der Waals surface area (Å²) in [5, 5.41) is 17.4. The number of benzene rings is 1. The minimum absolute atomic E-state index is 0.0284. The van der Waals surface area contributed by atoms with Gasteiger partial charge in [0.1, 0.15) is 5.01 Å². The number of carbonyl (C=O) groups excluding carboxylic acids is 1. The lowest BCUT2D eigenvalue weighted by atomic mass is 10.2. The fourth-order valence-electron chi connectivity index (χ4n) is 1.88. The van der Waals surface area contributed by atoms with Gasteiger partial charge < -0.3 is 4.90 Å². The van der Waals surface area contributed by atoms with E-state index >= 15 is 0 Å². The van der Waals surface area contributed by atoms with E-state index in [1.807, 2.05) is 44.2 Å². The van der Waals surface area contributed by atoms with Crippen molar-refractivity contribution < 1.29 is 4.79 Å². The Labute approximate surface area is 138 Å². The number of carbonyl (C=O) groups is 1. The van der Waals surface area contributed by atoms with Crippen LogP contribution in [0, 0.1) is 18.3 Å². The van der Waals surface area contributed by atoms with Crippen molar-refractivity contribution in [3.05, 3.63) is 35.3 Å². The number of rotatable bonds is 6. The molecule has 0 aliphatic carbocycles. The van der Waals surface area contributed by atoms with Crippen molar-refractivity contribution in [1.82, 2.24) is 10.2 Å². The molecule has 0 aliphatic rings. The second-order valence-electron chi connectivity index (χ2n) is 4.58. The van der Waals surface area contributed by atoms with Crippen LogP contribution in [0.5, 0.6) is 0 Å². The molecule has 1 unspecified atom stereocenters. The van der Waals surface area contributed by atoms with Gasteiger partial charge in [0.25, 0.3) is 0 Å². The lowest BCUT2D eigenvalue weighted by Gasteiger charge is -2.24. The van der Waals surface area contributed by atoms with Gasteiger partial charge in [-0.1, -0.05) is 41.3 Å². The predicted octanol–water partition coefficient (Wildman–Crippen LogP) is 3.27. The molecule has 0 radical (unpaired) electrons. The third kappa shape index (κ3) is 4.29. The van der Waals surface area contributed by atoms with Gasteiger partial charge in [-0.3, -0.25) is 4.79 Å². The number of amides is 1. The van der Waals surface area contributed by atoms with E-state index < -0.39 is 0 Å². The van der Waals surface area contributed by atoms with E-state index in [0.717, 1.165) is 15.0 Å². The van der Waals surface area contributed by atoms with E-state index in [4.69, 9.17) is 5.26 Å². The Balaban J connectivity index is 2.12. The van der Waals surface area contributed by atoms with Gasteiger partial charge >= 0.3 is 0 Å². The Bertz CT molecular complexity index is 666. The highest BCUT2D eigenvalue weighted by Gasteiger charge is 2.23. The summed E-state index contributed by atoms with van der Waals surface area (Å²) in [6.45, 7) is 4.13. The zero-order valence-corrected chi connectivity index (χ0v) is 14.0. The zero-order valence-electron chi connectivity index (χ0n) is 12.4. The van der Waals surface area contributed by atoms with Crippen LogP contribution in [-0.4, -0.2) is 27.9 Å². The first kappa shape index (κ1) is 16.5. The summed E-state index contributed by atoms with van der Waals surface area (Å²) in [6, 6.07) is 11.5. The van der Waals surface area contributed by atoms with Crippen LogP contribution in [0.15, 0.2) is 34.7 Å². The molecule has 0 spiro atoms. The molecule has 22 heavy (non-hydrogen) atoms. The maximum Gasteiger partial charge on any atom is 0.240 e. The molecule has 0 saturated heterocycles. The standard InChI is InChI=1S/C15H16N4OS2/c1-11(21-15-18-17-12(2)22-15)14(20)19(10-6-9-16)13-7-4-3-5-8-13/h3-5,7-8,11H,6,10H2,1-2H3. The van der Waals surface area contributed by atoms with E-state index in [2.05, 4.69) is 16.3 Å². The fourth-order valence-corrected chi connectivity index (χ4v) is 3.91. The lowest BCUT2D eigenvalue weighted by molar-refractivity contribution is -0.117. The molecule has 1 heterocycles. The molecule has 2 aromatic rings. The van der Waals surface area contributed by atoms with Gasteiger partial charge in [-0.25, -0.2) is 0 Å². The molecule has 114 valence electrons. The van der Waals surface area contributed by atoms with Crippen LogP contribution >= 0.6 is 23.1 Å². The maximum absolute atomic E-state index is 12.7. The Hall–Kier alpha value is -1.91. The first-order chi connectivity index (χ1) is 10.6. The Morgan fingerprint density at radius 3 is 2.73 bits per heavy atom. The summed E-state index contributed by atoms with van der Waals surface area (Å²) in [7, 11) is 0. The van der Waals surface area contributed by atoms with Gasteiger partial charge in [0.15, 0.2) is 4.34 Å². The number of anilines is 1. The monoisotopic (exact) mass is 332 g/mol. The van der Waals surface area contributed by atoms with Crippen LogP contribution in [-0.2, 0) is 4.79 Å². The third-order valence-electron chi connectivity index (χ3n) is 2.91. The lowest BCUT2D eigenvalue weighted by Crippen LogP contribution is -2.37. The Morgan fingerprint density at radius 2 is 2.14 bits per heavy atom. The number of hydrogen-bond donors (Lipinski definition) is 0. The molecule has 7 heteroatoms. The highest BCUT2D eigenvalue weighted by Crippen LogP contribution is 2.28. The van der Waals surface area contributed by atoms with Gasteiger partial charge in [0, 0.05) is 12.2 Å². The SMILES string of the molecule is Cc1nnc(SC(C)C(=O)N(CCC#N)c2ccccc2)s1. The third-order valence-corrected chi connectivity index (χ3v) is 4.92. The molecule has 0 bridgehead atoms. The van der Waals surface area contributed by atoms with Crippen LogP contribution in [0.1, 0.15) is 18.4 Å². The number of thioether (sulfide) groups is 1. The number of nitriles is 1. The zero-order chi connectivity index (χ0) is 15.9. The quantitative estimate of drug-likeness (QED) is 0.759. The number of para-hydroxylation sites is 1. The summed E-state index contributed by atoms with van der Waals surface area (Å²) in [5.74, 6) is -0.0284. The number of hydrogen-bond acceptors (Lipinski definition) is 6. The minimum Gasteiger partial charge on any atom is -0.310 e. The average molecular weight is 332 g/mol. The van der Waals surface area contributed by atoms with Crippen LogP contribution in [0.4, 0.5) is 5.69 Å². The van der Waals surface area contributed by atoms with E-state index in [0.29, 0.717) is 13.0 Å². The van der Waals surface area contributed by atoms with Gasteiger partial charge in [0.2, 0.25) is 5.91 Å². The summed E-state index contributed by atoms with van der Waals surface area (Å²) in [5.41, 5.74) is 0.809. The molecule has 1 aromatic heterocycles. The number of aromatic nitrogens is 2. The van der Waals surface area contributed by atoms with Gasteiger partial charge in [-0.05, 0) is 26.0 Å². The molecule has 0 fully saturated rings. The fraction of sp³-hybridized carbons (Fsp3) is 0.333.